The molecule has 1 aliphatic rings. The monoisotopic (exact) mass is 251 g/mol. The van der Waals surface area contributed by atoms with Gasteiger partial charge >= 0.3 is 0 Å². The molecule has 17 heavy (non-hydrogen) atoms. The van der Waals surface area contributed by atoms with Crippen molar-refractivity contribution in [3.63, 3.8) is 0 Å². The average Bonchev–Trinajstić information content (AvgIpc) is 2.32. The summed E-state index contributed by atoms with van der Waals surface area (Å²) in [6.07, 6.45) is 3.64. The SMILES string of the molecule is CC1C(N)CCCN1c1cnc(C#N)c(Cl)n1. The van der Waals surface area contributed by atoms with Crippen LogP contribution in [-0.2, 0) is 0 Å². The molecule has 0 aromatic carbocycles. The summed E-state index contributed by atoms with van der Waals surface area (Å²) >= 11 is 5.88. The van der Waals surface area contributed by atoms with Crippen molar-refractivity contribution in [1.29, 1.82) is 5.26 Å². The van der Waals surface area contributed by atoms with Crippen molar-refractivity contribution in [1.82, 2.24) is 9.97 Å². The van der Waals surface area contributed by atoms with E-state index < -0.39 is 0 Å². The normalized spacial score (nSPS) is 24.5. The van der Waals surface area contributed by atoms with Gasteiger partial charge in [-0.2, -0.15) is 5.26 Å². The molecule has 0 radical (unpaired) electrons. The number of aromatic nitrogens is 2. The lowest BCUT2D eigenvalue weighted by Crippen LogP contribution is -2.50. The zero-order valence-electron chi connectivity index (χ0n) is 9.60. The van der Waals surface area contributed by atoms with Gasteiger partial charge in [0, 0.05) is 18.6 Å². The summed E-state index contributed by atoms with van der Waals surface area (Å²) in [5.74, 6) is 0.691. The molecule has 2 atom stereocenters. The predicted octanol–water partition coefficient (Wildman–Crippen LogP) is 1.32. The molecule has 0 saturated carbocycles. The molecule has 0 aliphatic carbocycles. The Morgan fingerprint density at radius 2 is 2.41 bits per heavy atom. The maximum absolute atomic E-state index is 8.74. The van der Waals surface area contributed by atoms with Crippen molar-refractivity contribution < 1.29 is 0 Å². The van der Waals surface area contributed by atoms with Crippen LogP contribution in [0.1, 0.15) is 25.5 Å². The lowest BCUT2D eigenvalue weighted by molar-refractivity contribution is 0.418. The van der Waals surface area contributed by atoms with Crippen molar-refractivity contribution in [3.8, 4) is 6.07 Å². The second kappa shape index (κ2) is 4.86. The van der Waals surface area contributed by atoms with E-state index in [9.17, 15) is 0 Å². The largest absolute Gasteiger partial charge is 0.351 e. The van der Waals surface area contributed by atoms with E-state index in [4.69, 9.17) is 22.6 Å². The molecule has 90 valence electrons. The topological polar surface area (TPSA) is 78.8 Å². The van der Waals surface area contributed by atoms with Gasteiger partial charge in [-0.05, 0) is 19.8 Å². The number of piperidine rings is 1. The standard InChI is InChI=1S/C11H14ClN5/c1-7-8(14)3-2-4-17(7)10-6-15-9(5-13)11(12)16-10/h6-8H,2-4,14H2,1H3. The molecule has 1 aliphatic heterocycles. The van der Waals surface area contributed by atoms with E-state index in [-0.39, 0.29) is 22.9 Å². The summed E-state index contributed by atoms with van der Waals surface area (Å²) < 4.78 is 0. The summed E-state index contributed by atoms with van der Waals surface area (Å²) in [4.78, 5) is 10.3. The smallest absolute Gasteiger partial charge is 0.178 e. The summed E-state index contributed by atoms with van der Waals surface area (Å²) in [6.45, 7) is 2.96. The van der Waals surface area contributed by atoms with Crippen LogP contribution in [0.15, 0.2) is 6.20 Å². The molecular weight excluding hydrogens is 238 g/mol. The van der Waals surface area contributed by atoms with Crippen molar-refractivity contribution >= 4 is 17.4 Å². The van der Waals surface area contributed by atoms with Crippen molar-refractivity contribution in [2.75, 3.05) is 11.4 Å². The molecule has 0 amide bonds. The molecule has 1 fully saturated rings. The number of anilines is 1. The molecule has 2 N–H and O–H groups in total. The maximum atomic E-state index is 8.74. The van der Waals surface area contributed by atoms with Crippen LogP contribution in [0.25, 0.3) is 0 Å². The van der Waals surface area contributed by atoms with E-state index in [1.807, 2.05) is 6.07 Å². The van der Waals surface area contributed by atoms with Gasteiger partial charge in [0.05, 0.1) is 6.20 Å². The molecule has 0 spiro atoms. The van der Waals surface area contributed by atoms with E-state index in [0.29, 0.717) is 5.82 Å². The number of halogens is 1. The van der Waals surface area contributed by atoms with Crippen LogP contribution < -0.4 is 10.6 Å². The first-order valence-electron chi connectivity index (χ1n) is 5.58. The van der Waals surface area contributed by atoms with Crippen molar-refractivity contribution in [2.45, 2.75) is 31.8 Å². The molecule has 1 aromatic heterocycles. The van der Waals surface area contributed by atoms with Crippen LogP contribution in [0, 0.1) is 11.3 Å². The van der Waals surface area contributed by atoms with Gasteiger partial charge in [0.1, 0.15) is 11.9 Å². The molecule has 2 heterocycles. The van der Waals surface area contributed by atoms with Gasteiger partial charge in [0.15, 0.2) is 10.8 Å². The van der Waals surface area contributed by atoms with Gasteiger partial charge in [-0.3, -0.25) is 0 Å². The van der Waals surface area contributed by atoms with Crippen LogP contribution in [0.3, 0.4) is 0 Å². The molecule has 1 saturated heterocycles. The minimum atomic E-state index is 0.139. The highest BCUT2D eigenvalue weighted by Crippen LogP contribution is 2.23. The molecule has 5 nitrogen and oxygen atoms in total. The Morgan fingerprint density at radius 3 is 3.06 bits per heavy atom. The van der Waals surface area contributed by atoms with E-state index in [1.165, 1.54) is 0 Å². The third-order valence-electron chi connectivity index (χ3n) is 3.17. The van der Waals surface area contributed by atoms with Gasteiger partial charge < -0.3 is 10.6 Å². The molecule has 0 bridgehead atoms. The molecule has 2 rings (SSSR count). The van der Waals surface area contributed by atoms with Crippen molar-refractivity contribution in [3.05, 3.63) is 17.0 Å². The van der Waals surface area contributed by atoms with Crippen LogP contribution in [0.4, 0.5) is 5.82 Å². The van der Waals surface area contributed by atoms with E-state index >= 15 is 0 Å². The van der Waals surface area contributed by atoms with E-state index in [0.717, 1.165) is 19.4 Å². The fraction of sp³-hybridized carbons (Fsp3) is 0.545. The van der Waals surface area contributed by atoms with Gasteiger partial charge in [-0.1, -0.05) is 11.6 Å². The predicted molar refractivity (Wildman–Crippen MR) is 65.8 cm³/mol. The van der Waals surface area contributed by atoms with Crippen LogP contribution >= 0.6 is 11.6 Å². The Balaban J connectivity index is 2.28. The van der Waals surface area contributed by atoms with Crippen LogP contribution in [0.2, 0.25) is 5.15 Å². The molecule has 6 heteroatoms. The van der Waals surface area contributed by atoms with Crippen molar-refractivity contribution in [2.24, 2.45) is 5.73 Å². The van der Waals surface area contributed by atoms with Gasteiger partial charge in [0.2, 0.25) is 0 Å². The Morgan fingerprint density at radius 1 is 1.65 bits per heavy atom. The Bertz CT molecular complexity index is 456. The van der Waals surface area contributed by atoms with Gasteiger partial charge in [-0.15, -0.1) is 0 Å². The quantitative estimate of drug-likeness (QED) is 0.814. The third-order valence-corrected chi connectivity index (χ3v) is 3.43. The summed E-state index contributed by atoms with van der Waals surface area (Å²) in [7, 11) is 0. The Hall–Kier alpha value is -1.38. The zero-order valence-corrected chi connectivity index (χ0v) is 10.4. The highest BCUT2D eigenvalue weighted by molar-refractivity contribution is 6.30. The first-order chi connectivity index (χ1) is 8.13. The highest BCUT2D eigenvalue weighted by Gasteiger charge is 2.26. The summed E-state index contributed by atoms with van der Waals surface area (Å²) in [5, 5.41) is 8.89. The first kappa shape index (κ1) is 12.1. The lowest BCUT2D eigenvalue weighted by Gasteiger charge is -2.38. The minimum Gasteiger partial charge on any atom is -0.351 e. The molecule has 1 aromatic rings. The number of rotatable bonds is 1. The van der Waals surface area contributed by atoms with E-state index in [2.05, 4.69) is 21.8 Å². The number of nitrogens with two attached hydrogens (primary N) is 1. The Kier molecular flexibility index (Phi) is 3.46. The first-order valence-corrected chi connectivity index (χ1v) is 5.96. The number of hydrogen-bond donors (Lipinski definition) is 1. The highest BCUT2D eigenvalue weighted by atomic mass is 35.5. The molecular formula is C11H14ClN5. The Labute approximate surface area is 105 Å². The maximum Gasteiger partial charge on any atom is 0.178 e. The van der Waals surface area contributed by atoms with Crippen LogP contribution in [-0.4, -0.2) is 28.6 Å². The van der Waals surface area contributed by atoms with Gasteiger partial charge in [-0.25, -0.2) is 9.97 Å². The summed E-state index contributed by atoms with van der Waals surface area (Å²) in [5.41, 5.74) is 6.18. The average molecular weight is 252 g/mol. The number of nitriles is 1. The second-order valence-electron chi connectivity index (χ2n) is 4.22. The second-order valence-corrected chi connectivity index (χ2v) is 4.58. The molecule has 2 unspecified atom stereocenters. The fourth-order valence-corrected chi connectivity index (χ4v) is 2.25. The zero-order chi connectivity index (χ0) is 12.4. The van der Waals surface area contributed by atoms with E-state index in [1.54, 1.807) is 6.20 Å². The number of hydrogen-bond acceptors (Lipinski definition) is 5. The summed E-state index contributed by atoms with van der Waals surface area (Å²) in [6, 6.07) is 2.25. The lowest BCUT2D eigenvalue weighted by atomic mass is 9.98. The van der Waals surface area contributed by atoms with Crippen LogP contribution in [0.5, 0.6) is 0 Å². The fourth-order valence-electron chi connectivity index (χ4n) is 2.07. The number of nitrogens with zero attached hydrogens (tertiary/aromatic N) is 4. The van der Waals surface area contributed by atoms with Gasteiger partial charge in [0.25, 0.3) is 0 Å². The third kappa shape index (κ3) is 2.33. The minimum absolute atomic E-state index is 0.139.